The third kappa shape index (κ3) is 3.29. The predicted octanol–water partition coefficient (Wildman–Crippen LogP) is 3.36. The van der Waals surface area contributed by atoms with Gasteiger partial charge in [0.25, 0.3) is 0 Å². The number of hydrogen-bond donors (Lipinski definition) is 1. The lowest BCUT2D eigenvalue weighted by molar-refractivity contribution is -0.0229. The second kappa shape index (κ2) is 6.63. The molecule has 0 saturated carbocycles. The van der Waals surface area contributed by atoms with Gasteiger partial charge < -0.3 is 10.1 Å². The second-order valence-corrected chi connectivity index (χ2v) is 6.46. The summed E-state index contributed by atoms with van der Waals surface area (Å²) < 4.78 is 5.45. The standard InChI is InChI=1S/C15H22Cl2N2O/c1-15(2,19-6-8-20-9-7-19)14(18-3)11-4-5-12(16)13(17)10-11/h4-5,10,14,18H,6-9H2,1-3H3. The smallest absolute Gasteiger partial charge is 0.0595 e. The Hall–Kier alpha value is -0.320. The van der Waals surface area contributed by atoms with E-state index in [9.17, 15) is 0 Å². The van der Waals surface area contributed by atoms with Crippen LogP contribution >= 0.6 is 23.2 Å². The minimum absolute atomic E-state index is 0.0321. The van der Waals surface area contributed by atoms with Crippen molar-refractivity contribution in [2.24, 2.45) is 0 Å². The highest BCUT2D eigenvalue weighted by Crippen LogP contribution is 2.34. The van der Waals surface area contributed by atoms with E-state index in [1.807, 2.05) is 25.2 Å². The first kappa shape index (κ1) is 16.1. The fraction of sp³-hybridized carbons (Fsp3) is 0.600. The van der Waals surface area contributed by atoms with Gasteiger partial charge >= 0.3 is 0 Å². The van der Waals surface area contributed by atoms with Crippen LogP contribution in [-0.4, -0.2) is 43.8 Å². The summed E-state index contributed by atoms with van der Waals surface area (Å²) in [7, 11) is 1.98. The molecule has 3 nitrogen and oxygen atoms in total. The van der Waals surface area contributed by atoms with Crippen molar-refractivity contribution in [1.82, 2.24) is 10.2 Å². The zero-order valence-corrected chi connectivity index (χ0v) is 13.8. The van der Waals surface area contributed by atoms with E-state index in [1.54, 1.807) is 0 Å². The minimum atomic E-state index is -0.0321. The summed E-state index contributed by atoms with van der Waals surface area (Å²) >= 11 is 12.2. The third-order valence-corrected chi connectivity index (χ3v) is 4.84. The monoisotopic (exact) mass is 316 g/mol. The van der Waals surface area contributed by atoms with Crippen LogP contribution in [0.4, 0.5) is 0 Å². The van der Waals surface area contributed by atoms with Crippen molar-refractivity contribution in [3.63, 3.8) is 0 Å². The number of benzene rings is 1. The average molecular weight is 317 g/mol. The molecule has 20 heavy (non-hydrogen) atoms. The van der Waals surface area contributed by atoms with Crippen molar-refractivity contribution < 1.29 is 4.74 Å². The maximum atomic E-state index is 6.16. The molecular formula is C15H22Cl2N2O. The van der Waals surface area contributed by atoms with Crippen LogP contribution in [-0.2, 0) is 4.74 Å². The summed E-state index contributed by atoms with van der Waals surface area (Å²) in [6.07, 6.45) is 0. The zero-order valence-electron chi connectivity index (χ0n) is 12.2. The molecule has 1 aromatic rings. The quantitative estimate of drug-likeness (QED) is 0.921. The molecule has 0 spiro atoms. The Morgan fingerprint density at radius 2 is 1.85 bits per heavy atom. The van der Waals surface area contributed by atoms with Crippen LogP contribution in [0, 0.1) is 0 Å². The van der Waals surface area contributed by atoms with Crippen LogP contribution in [0.5, 0.6) is 0 Å². The van der Waals surface area contributed by atoms with E-state index < -0.39 is 0 Å². The second-order valence-electron chi connectivity index (χ2n) is 5.65. The van der Waals surface area contributed by atoms with Gasteiger partial charge in [-0.15, -0.1) is 0 Å². The Balaban J connectivity index is 2.27. The van der Waals surface area contributed by atoms with Crippen molar-refractivity contribution in [2.45, 2.75) is 25.4 Å². The van der Waals surface area contributed by atoms with Gasteiger partial charge in [-0.3, -0.25) is 4.90 Å². The molecule has 112 valence electrons. The van der Waals surface area contributed by atoms with E-state index in [2.05, 4.69) is 24.1 Å². The van der Waals surface area contributed by atoms with Crippen molar-refractivity contribution in [1.29, 1.82) is 0 Å². The van der Waals surface area contributed by atoms with Gasteiger partial charge in [-0.1, -0.05) is 29.3 Å². The van der Waals surface area contributed by atoms with E-state index in [-0.39, 0.29) is 11.6 Å². The molecule has 1 unspecified atom stereocenters. The van der Waals surface area contributed by atoms with E-state index in [4.69, 9.17) is 27.9 Å². The van der Waals surface area contributed by atoms with Crippen LogP contribution in [0.25, 0.3) is 0 Å². The van der Waals surface area contributed by atoms with Crippen molar-refractivity contribution in [3.8, 4) is 0 Å². The van der Waals surface area contributed by atoms with E-state index in [1.165, 1.54) is 0 Å². The Labute approximate surface area is 131 Å². The molecule has 1 aliphatic rings. The summed E-state index contributed by atoms with van der Waals surface area (Å²) in [5.41, 5.74) is 1.12. The van der Waals surface area contributed by atoms with Crippen LogP contribution in [0.2, 0.25) is 10.0 Å². The van der Waals surface area contributed by atoms with Gasteiger partial charge in [0.05, 0.1) is 23.3 Å². The van der Waals surface area contributed by atoms with Crippen molar-refractivity contribution in [3.05, 3.63) is 33.8 Å². The number of nitrogens with one attached hydrogen (secondary N) is 1. The lowest BCUT2D eigenvalue weighted by Gasteiger charge is -2.46. The molecule has 5 heteroatoms. The highest BCUT2D eigenvalue weighted by molar-refractivity contribution is 6.42. The number of rotatable bonds is 4. The van der Waals surface area contributed by atoms with E-state index >= 15 is 0 Å². The van der Waals surface area contributed by atoms with Crippen molar-refractivity contribution >= 4 is 23.2 Å². The molecule has 1 atom stereocenters. The largest absolute Gasteiger partial charge is 0.379 e. The number of nitrogens with zero attached hydrogens (tertiary/aromatic N) is 1. The number of halogens is 2. The van der Waals surface area contributed by atoms with Crippen molar-refractivity contribution in [2.75, 3.05) is 33.4 Å². The number of likely N-dealkylation sites (N-methyl/N-ethyl adjacent to an activating group) is 1. The van der Waals surface area contributed by atoms with Gasteiger partial charge in [-0.2, -0.15) is 0 Å². The normalized spacial score (nSPS) is 19.1. The molecule has 0 aliphatic carbocycles. The Kier molecular flexibility index (Phi) is 5.32. The molecule has 2 rings (SSSR count). The van der Waals surface area contributed by atoms with Crippen LogP contribution in [0.15, 0.2) is 18.2 Å². The molecule has 1 N–H and O–H groups in total. The molecule has 0 radical (unpaired) electrons. The SMILES string of the molecule is CNC(c1ccc(Cl)c(Cl)c1)C(C)(C)N1CCOCC1. The predicted molar refractivity (Wildman–Crippen MR) is 84.7 cm³/mol. The molecule has 1 aromatic carbocycles. The van der Waals surface area contributed by atoms with Gasteiger partial charge in [-0.05, 0) is 38.6 Å². The maximum Gasteiger partial charge on any atom is 0.0595 e. The summed E-state index contributed by atoms with van der Waals surface area (Å²) in [6.45, 7) is 7.99. The molecule has 0 bridgehead atoms. The molecular weight excluding hydrogens is 295 g/mol. The first-order chi connectivity index (χ1) is 9.46. The number of hydrogen-bond acceptors (Lipinski definition) is 3. The summed E-state index contributed by atoms with van der Waals surface area (Å²) in [4.78, 5) is 2.46. The van der Waals surface area contributed by atoms with E-state index in [0.29, 0.717) is 10.0 Å². The van der Waals surface area contributed by atoms with Gasteiger partial charge in [0.15, 0.2) is 0 Å². The first-order valence-electron chi connectivity index (χ1n) is 6.92. The molecule has 1 fully saturated rings. The Morgan fingerprint density at radius 3 is 2.40 bits per heavy atom. The fourth-order valence-corrected chi connectivity index (χ4v) is 3.25. The maximum absolute atomic E-state index is 6.16. The highest BCUT2D eigenvalue weighted by atomic mass is 35.5. The van der Waals surface area contributed by atoms with Gasteiger partial charge in [0.2, 0.25) is 0 Å². The van der Waals surface area contributed by atoms with Crippen LogP contribution in [0.1, 0.15) is 25.5 Å². The number of ether oxygens (including phenoxy) is 1. The average Bonchev–Trinajstić information content (AvgIpc) is 2.44. The lowest BCUT2D eigenvalue weighted by Crippen LogP contribution is -2.55. The summed E-state index contributed by atoms with van der Waals surface area (Å²) in [6, 6.07) is 6.03. The summed E-state index contributed by atoms with van der Waals surface area (Å²) in [5.74, 6) is 0. The first-order valence-corrected chi connectivity index (χ1v) is 7.67. The van der Waals surface area contributed by atoms with Crippen LogP contribution in [0.3, 0.4) is 0 Å². The fourth-order valence-electron chi connectivity index (χ4n) is 2.94. The molecule has 1 saturated heterocycles. The lowest BCUT2D eigenvalue weighted by atomic mass is 9.86. The molecule has 0 aromatic heterocycles. The Bertz CT molecular complexity index is 459. The van der Waals surface area contributed by atoms with Crippen LogP contribution < -0.4 is 5.32 Å². The van der Waals surface area contributed by atoms with E-state index in [0.717, 1.165) is 31.9 Å². The highest BCUT2D eigenvalue weighted by Gasteiger charge is 2.36. The van der Waals surface area contributed by atoms with Gasteiger partial charge in [0.1, 0.15) is 0 Å². The number of morpholine rings is 1. The molecule has 1 heterocycles. The van der Waals surface area contributed by atoms with Gasteiger partial charge in [0, 0.05) is 24.7 Å². The summed E-state index contributed by atoms with van der Waals surface area (Å²) in [5, 5.41) is 4.61. The zero-order chi connectivity index (χ0) is 14.8. The molecule has 1 aliphatic heterocycles. The minimum Gasteiger partial charge on any atom is -0.379 e. The van der Waals surface area contributed by atoms with Gasteiger partial charge in [-0.25, -0.2) is 0 Å². The third-order valence-electron chi connectivity index (χ3n) is 4.10. The molecule has 0 amide bonds. The topological polar surface area (TPSA) is 24.5 Å². The Morgan fingerprint density at radius 1 is 1.20 bits per heavy atom.